The zero-order chi connectivity index (χ0) is 13.1. The summed E-state index contributed by atoms with van der Waals surface area (Å²) >= 11 is 9.18. The van der Waals surface area contributed by atoms with E-state index in [1.165, 1.54) is 0 Å². The molecule has 0 aliphatic rings. The number of halogens is 2. The Morgan fingerprint density at radius 2 is 2.00 bits per heavy atom. The lowest BCUT2D eigenvalue weighted by atomic mass is 10.2. The maximum atomic E-state index is 5.84. The molecular formula is C12H11BrClN3O. The van der Waals surface area contributed by atoms with Gasteiger partial charge in [0.2, 0.25) is 5.88 Å². The second kappa shape index (κ2) is 5.63. The van der Waals surface area contributed by atoms with Crippen LogP contribution in [0.2, 0.25) is 5.02 Å². The second-order valence-corrected chi connectivity index (χ2v) is 5.23. The number of rotatable bonds is 3. The van der Waals surface area contributed by atoms with Crippen LogP contribution in [0.1, 0.15) is 25.6 Å². The van der Waals surface area contributed by atoms with E-state index in [9.17, 15) is 0 Å². The highest BCUT2D eigenvalue weighted by molar-refractivity contribution is 9.10. The highest BCUT2D eigenvalue weighted by atomic mass is 79.9. The highest BCUT2D eigenvalue weighted by Crippen LogP contribution is 2.24. The van der Waals surface area contributed by atoms with Gasteiger partial charge in [0.15, 0.2) is 0 Å². The maximum absolute atomic E-state index is 5.84. The number of hydrogen-bond donors (Lipinski definition) is 0. The van der Waals surface area contributed by atoms with Gasteiger partial charge in [0, 0.05) is 24.2 Å². The summed E-state index contributed by atoms with van der Waals surface area (Å²) in [6.45, 7) is 4.04. The first kappa shape index (κ1) is 13.2. The summed E-state index contributed by atoms with van der Waals surface area (Å²) < 4.78 is 6.29. The summed E-state index contributed by atoms with van der Waals surface area (Å²) in [7, 11) is 0. The van der Waals surface area contributed by atoms with Crippen LogP contribution in [0.5, 0.6) is 11.6 Å². The minimum atomic E-state index is 0.224. The minimum absolute atomic E-state index is 0.224. The molecule has 0 aromatic carbocycles. The molecule has 2 heterocycles. The SMILES string of the molecule is CC(C)c1nc(Br)cc(Oc2cncc(Cl)c2)n1. The predicted octanol–water partition coefficient (Wildman–Crippen LogP) is 4.20. The van der Waals surface area contributed by atoms with Crippen molar-refractivity contribution in [3.05, 3.63) is 40.0 Å². The largest absolute Gasteiger partial charge is 0.437 e. The summed E-state index contributed by atoms with van der Waals surface area (Å²) in [5.74, 6) is 1.95. The molecule has 0 bridgehead atoms. The average molecular weight is 329 g/mol. The number of ether oxygens (including phenoxy) is 1. The van der Waals surface area contributed by atoms with Crippen molar-refractivity contribution >= 4 is 27.5 Å². The molecule has 0 N–H and O–H groups in total. The number of pyridine rings is 1. The van der Waals surface area contributed by atoms with Gasteiger partial charge in [0.05, 0.1) is 11.2 Å². The molecule has 0 fully saturated rings. The second-order valence-electron chi connectivity index (χ2n) is 3.98. The van der Waals surface area contributed by atoms with Gasteiger partial charge < -0.3 is 4.74 Å². The van der Waals surface area contributed by atoms with Crippen molar-refractivity contribution in [1.29, 1.82) is 0 Å². The quantitative estimate of drug-likeness (QED) is 0.792. The molecule has 18 heavy (non-hydrogen) atoms. The van der Waals surface area contributed by atoms with E-state index in [2.05, 4.69) is 30.9 Å². The maximum Gasteiger partial charge on any atom is 0.223 e. The fraction of sp³-hybridized carbons (Fsp3) is 0.250. The van der Waals surface area contributed by atoms with Crippen molar-refractivity contribution in [2.24, 2.45) is 0 Å². The molecule has 0 radical (unpaired) electrons. The molecule has 0 spiro atoms. The van der Waals surface area contributed by atoms with Crippen LogP contribution in [0.3, 0.4) is 0 Å². The number of aromatic nitrogens is 3. The van der Waals surface area contributed by atoms with E-state index in [1.807, 2.05) is 13.8 Å². The molecule has 94 valence electrons. The van der Waals surface area contributed by atoms with Crippen molar-refractivity contribution < 1.29 is 4.74 Å². The van der Waals surface area contributed by atoms with E-state index in [-0.39, 0.29) is 5.92 Å². The van der Waals surface area contributed by atoms with Crippen LogP contribution in [-0.4, -0.2) is 15.0 Å². The highest BCUT2D eigenvalue weighted by Gasteiger charge is 2.08. The van der Waals surface area contributed by atoms with Gasteiger partial charge in [-0.3, -0.25) is 4.98 Å². The summed E-state index contributed by atoms with van der Waals surface area (Å²) in [5.41, 5.74) is 0. The van der Waals surface area contributed by atoms with Crippen LogP contribution in [0.15, 0.2) is 29.1 Å². The molecular weight excluding hydrogens is 318 g/mol. The van der Waals surface area contributed by atoms with E-state index in [4.69, 9.17) is 16.3 Å². The van der Waals surface area contributed by atoms with E-state index < -0.39 is 0 Å². The van der Waals surface area contributed by atoms with Gasteiger partial charge in [-0.05, 0) is 15.9 Å². The molecule has 2 aromatic heterocycles. The summed E-state index contributed by atoms with van der Waals surface area (Å²) in [6, 6.07) is 3.38. The smallest absolute Gasteiger partial charge is 0.223 e. The molecule has 0 saturated carbocycles. The van der Waals surface area contributed by atoms with Gasteiger partial charge in [0.25, 0.3) is 0 Å². The van der Waals surface area contributed by atoms with Gasteiger partial charge in [-0.1, -0.05) is 25.4 Å². The lowest BCUT2D eigenvalue weighted by Gasteiger charge is -2.08. The number of nitrogens with zero attached hydrogens (tertiary/aromatic N) is 3. The van der Waals surface area contributed by atoms with Crippen LogP contribution in [0.25, 0.3) is 0 Å². The average Bonchev–Trinajstić information content (AvgIpc) is 2.28. The molecule has 0 saturated heterocycles. The Morgan fingerprint density at radius 1 is 1.22 bits per heavy atom. The molecule has 4 nitrogen and oxygen atoms in total. The Kier molecular flexibility index (Phi) is 4.14. The summed E-state index contributed by atoms with van der Waals surface area (Å²) in [6.07, 6.45) is 3.13. The van der Waals surface area contributed by atoms with Gasteiger partial charge >= 0.3 is 0 Å². The van der Waals surface area contributed by atoms with Crippen LogP contribution in [0, 0.1) is 0 Å². The monoisotopic (exact) mass is 327 g/mol. The Bertz CT molecular complexity index is 563. The van der Waals surface area contributed by atoms with Crippen LogP contribution >= 0.6 is 27.5 Å². The van der Waals surface area contributed by atoms with Crippen LogP contribution in [-0.2, 0) is 0 Å². The van der Waals surface area contributed by atoms with Crippen molar-refractivity contribution in [3.63, 3.8) is 0 Å². The van der Waals surface area contributed by atoms with Gasteiger partial charge in [-0.25, -0.2) is 4.98 Å². The molecule has 2 aromatic rings. The Morgan fingerprint density at radius 3 is 2.67 bits per heavy atom. The fourth-order valence-corrected chi connectivity index (χ4v) is 1.83. The van der Waals surface area contributed by atoms with E-state index in [0.717, 1.165) is 5.82 Å². The first-order valence-electron chi connectivity index (χ1n) is 5.37. The lowest BCUT2D eigenvalue weighted by molar-refractivity contribution is 0.454. The lowest BCUT2D eigenvalue weighted by Crippen LogP contribution is -2.00. The third-order valence-electron chi connectivity index (χ3n) is 2.11. The fourth-order valence-electron chi connectivity index (χ4n) is 1.29. The first-order valence-corrected chi connectivity index (χ1v) is 6.54. The Hall–Kier alpha value is -1.20. The molecule has 0 unspecified atom stereocenters. The predicted molar refractivity (Wildman–Crippen MR) is 73.1 cm³/mol. The van der Waals surface area contributed by atoms with E-state index >= 15 is 0 Å². The van der Waals surface area contributed by atoms with Crippen LogP contribution in [0.4, 0.5) is 0 Å². The van der Waals surface area contributed by atoms with Gasteiger partial charge in [-0.15, -0.1) is 0 Å². The van der Waals surface area contributed by atoms with E-state index in [1.54, 1.807) is 24.5 Å². The third kappa shape index (κ3) is 3.40. The molecule has 0 aliphatic carbocycles. The molecule has 0 amide bonds. The molecule has 0 aliphatic heterocycles. The molecule has 6 heteroatoms. The third-order valence-corrected chi connectivity index (χ3v) is 2.72. The minimum Gasteiger partial charge on any atom is -0.437 e. The first-order chi connectivity index (χ1) is 8.54. The van der Waals surface area contributed by atoms with Crippen molar-refractivity contribution in [1.82, 2.24) is 15.0 Å². The van der Waals surface area contributed by atoms with Gasteiger partial charge in [0.1, 0.15) is 16.2 Å². The number of hydrogen-bond acceptors (Lipinski definition) is 4. The topological polar surface area (TPSA) is 47.9 Å². The zero-order valence-electron chi connectivity index (χ0n) is 9.89. The normalized spacial score (nSPS) is 10.7. The van der Waals surface area contributed by atoms with Crippen molar-refractivity contribution in [2.45, 2.75) is 19.8 Å². The summed E-state index contributed by atoms with van der Waals surface area (Å²) in [4.78, 5) is 12.5. The van der Waals surface area contributed by atoms with Crippen molar-refractivity contribution in [2.75, 3.05) is 0 Å². The van der Waals surface area contributed by atoms with Gasteiger partial charge in [-0.2, -0.15) is 4.98 Å². The van der Waals surface area contributed by atoms with Crippen LogP contribution < -0.4 is 4.74 Å². The summed E-state index contributed by atoms with van der Waals surface area (Å²) in [5, 5.41) is 0.518. The standard InChI is InChI=1S/C12H11BrClN3O/c1-7(2)12-16-10(13)4-11(17-12)18-9-3-8(14)5-15-6-9/h3-7H,1-2H3. The molecule has 2 rings (SSSR count). The molecule has 0 atom stereocenters. The Labute approximate surface area is 119 Å². The zero-order valence-corrected chi connectivity index (χ0v) is 12.2. The van der Waals surface area contributed by atoms with E-state index in [0.29, 0.717) is 21.3 Å². The Balaban J connectivity index is 2.29. The van der Waals surface area contributed by atoms with Crippen molar-refractivity contribution in [3.8, 4) is 11.6 Å².